The molecule has 0 aliphatic rings. The largest absolute Gasteiger partial charge is 0.370 e. The molecular formula is C18H25NSi. The molecule has 0 aliphatic carbocycles. The van der Waals surface area contributed by atoms with E-state index in [0.717, 1.165) is 6.54 Å². The summed E-state index contributed by atoms with van der Waals surface area (Å²) in [5.74, 6) is 0. The maximum absolute atomic E-state index is 2.39. The highest BCUT2D eigenvalue weighted by Crippen LogP contribution is 2.19. The molecule has 0 radical (unpaired) electrons. The summed E-state index contributed by atoms with van der Waals surface area (Å²) in [6.45, 7) is 10.3. The monoisotopic (exact) mass is 283 g/mol. The Balaban J connectivity index is 2.13. The highest BCUT2D eigenvalue weighted by molar-refractivity contribution is 6.88. The van der Waals surface area contributed by atoms with Crippen molar-refractivity contribution in [1.29, 1.82) is 0 Å². The van der Waals surface area contributed by atoms with E-state index in [2.05, 4.69) is 87.0 Å². The zero-order valence-electron chi connectivity index (χ0n) is 13.3. The summed E-state index contributed by atoms with van der Waals surface area (Å²) < 4.78 is 0. The van der Waals surface area contributed by atoms with Crippen LogP contribution in [0.1, 0.15) is 11.1 Å². The zero-order valence-corrected chi connectivity index (χ0v) is 14.3. The van der Waals surface area contributed by atoms with Crippen molar-refractivity contribution in [3.63, 3.8) is 0 Å². The average Bonchev–Trinajstić information content (AvgIpc) is 2.38. The van der Waals surface area contributed by atoms with Crippen molar-refractivity contribution in [2.75, 3.05) is 11.9 Å². The van der Waals surface area contributed by atoms with Gasteiger partial charge in [0.15, 0.2) is 0 Å². The van der Waals surface area contributed by atoms with E-state index in [1.165, 1.54) is 22.0 Å². The van der Waals surface area contributed by atoms with Crippen LogP contribution in [0.15, 0.2) is 48.5 Å². The molecule has 0 saturated heterocycles. The van der Waals surface area contributed by atoms with Crippen molar-refractivity contribution in [2.24, 2.45) is 0 Å². The lowest BCUT2D eigenvalue weighted by molar-refractivity contribution is 0.918. The molecular weight excluding hydrogens is 258 g/mol. The molecule has 0 aliphatic heterocycles. The van der Waals surface area contributed by atoms with Crippen molar-refractivity contribution in [3.05, 3.63) is 59.7 Å². The van der Waals surface area contributed by atoms with Crippen LogP contribution >= 0.6 is 0 Å². The third kappa shape index (κ3) is 3.51. The quantitative estimate of drug-likeness (QED) is 0.761. The second kappa shape index (κ2) is 5.84. The first-order chi connectivity index (χ1) is 9.38. The fourth-order valence-corrected chi connectivity index (χ4v) is 3.63. The molecule has 2 heteroatoms. The summed E-state index contributed by atoms with van der Waals surface area (Å²) in [6.07, 6.45) is 0. The van der Waals surface area contributed by atoms with Crippen LogP contribution in [0, 0.1) is 6.92 Å². The summed E-state index contributed by atoms with van der Waals surface area (Å²) in [5, 5.41) is 1.53. The second-order valence-electron chi connectivity index (χ2n) is 6.59. The number of rotatable bonds is 4. The Labute approximate surface area is 124 Å². The maximum Gasteiger partial charge on any atom is 0.0775 e. The van der Waals surface area contributed by atoms with Gasteiger partial charge in [-0.25, -0.2) is 0 Å². The molecule has 0 unspecified atom stereocenters. The maximum atomic E-state index is 2.39. The van der Waals surface area contributed by atoms with Gasteiger partial charge in [0.2, 0.25) is 0 Å². The Morgan fingerprint density at radius 3 is 2.05 bits per heavy atom. The lowest BCUT2D eigenvalue weighted by Gasteiger charge is -2.22. The molecule has 0 amide bonds. The van der Waals surface area contributed by atoms with E-state index < -0.39 is 8.07 Å². The van der Waals surface area contributed by atoms with Gasteiger partial charge in [0.25, 0.3) is 0 Å². The molecule has 0 fully saturated rings. The van der Waals surface area contributed by atoms with Gasteiger partial charge in [0.1, 0.15) is 0 Å². The highest BCUT2D eigenvalue weighted by Gasteiger charge is 2.15. The van der Waals surface area contributed by atoms with E-state index >= 15 is 0 Å². The van der Waals surface area contributed by atoms with Crippen LogP contribution in [0.2, 0.25) is 19.6 Å². The van der Waals surface area contributed by atoms with E-state index in [-0.39, 0.29) is 0 Å². The Hall–Kier alpha value is -1.54. The van der Waals surface area contributed by atoms with Crippen molar-refractivity contribution in [2.45, 2.75) is 33.1 Å². The Bertz CT molecular complexity index is 567. The normalized spacial score (nSPS) is 11.4. The first kappa shape index (κ1) is 14.9. The second-order valence-corrected chi connectivity index (χ2v) is 11.7. The lowest BCUT2D eigenvalue weighted by Crippen LogP contribution is -2.37. The molecule has 0 aromatic heterocycles. The van der Waals surface area contributed by atoms with Gasteiger partial charge in [-0.1, -0.05) is 67.3 Å². The average molecular weight is 283 g/mol. The van der Waals surface area contributed by atoms with Crippen LogP contribution in [-0.4, -0.2) is 15.1 Å². The summed E-state index contributed by atoms with van der Waals surface area (Å²) in [6, 6.07) is 17.7. The van der Waals surface area contributed by atoms with E-state index in [0.29, 0.717) is 0 Å². The molecule has 2 rings (SSSR count). The summed E-state index contributed by atoms with van der Waals surface area (Å²) in [4.78, 5) is 2.32. The van der Waals surface area contributed by atoms with E-state index in [1.54, 1.807) is 0 Å². The van der Waals surface area contributed by atoms with E-state index in [1.807, 2.05) is 0 Å². The molecule has 0 bridgehead atoms. The smallest absolute Gasteiger partial charge is 0.0775 e. The van der Waals surface area contributed by atoms with Crippen LogP contribution in [0.25, 0.3) is 0 Å². The highest BCUT2D eigenvalue weighted by atomic mass is 28.3. The van der Waals surface area contributed by atoms with Crippen LogP contribution in [-0.2, 0) is 6.54 Å². The van der Waals surface area contributed by atoms with Gasteiger partial charge in [0, 0.05) is 19.3 Å². The van der Waals surface area contributed by atoms with Gasteiger partial charge in [0.05, 0.1) is 8.07 Å². The molecule has 0 N–H and O–H groups in total. The fourth-order valence-electron chi connectivity index (χ4n) is 2.46. The predicted molar refractivity (Wildman–Crippen MR) is 92.7 cm³/mol. The van der Waals surface area contributed by atoms with E-state index in [4.69, 9.17) is 0 Å². The number of anilines is 1. The molecule has 0 atom stereocenters. The molecule has 2 aromatic carbocycles. The third-order valence-electron chi connectivity index (χ3n) is 3.77. The van der Waals surface area contributed by atoms with Gasteiger partial charge < -0.3 is 4.90 Å². The Kier molecular flexibility index (Phi) is 4.34. The van der Waals surface area contributed by atoms with Crippen molar-refractivity contribution >= 4 is 18.9 Å². The van der Waals surface area contributed by atoms with E-state index in [9.17, 15) is 0 Å². The number of benzene rings is 2. The van der Waals surface area contributed by atoms with Crippen LogP contribution in [0.5, 0.6) is 0 Å². The van der Waals surface area contributed by atoms with Gasteiger partial charge in [-0.3, -0.25) is 0 Å². The number of hydrogen-bond donors (Lipinski definition) is 0. The van der Waals surface area contributed by atoms with Crippen LogP contribution in [0.3, 0.4) is 0 Å². The number of aryl methyl sites for hydroxylation is 1. The fraction of sp³-hybridized carbons (Fsp3) is 0.333. The van der Waals surface area contributed by atoms with Crippen molar-refractivity contribution in [1.82, 2.24) is 0 Å². The minimum absolute atomic E-state index is 0.955. The molecule has 2 aromatic rings. The zero-order chi connectivity index (χ0) is 14.8. The molecule has 0 heterocycles. The number of para-hydroxylation sites is 1. The van der Waals surface area contributed by atoms with Gasteiger partial charge in [-0.15, -0.1) is 0 Å². The lowest BCUT2D eigenvalue weighted by atomic mass is 10.1. The molecule has 0 spiro atoms. The SMILES string of the molecule is Cc1ccccc1N(C)Cc1ccc([Si](C)(C)C)cc1. The predicted octanol–water partition coefficient (Wildman–Crippen LogP) is 4.18. The summed E-state index contributed by atoms with van der Waals surface area (Å²) in [5.41, 5.74) is 4.01. The van der Waals surface area contributed by atoms with Gasteiger partial charge >= 0.3 is 0 Å². The third-order valence-corrected chi connectivity index (χ3v) is 5.83. The summed E-state index contributed by atoms with van der Waals surface area (Å²) >= 11 is 0. The summed E-state index contributed by atoms with van der Waals surface area (Å²) in [7, 11) is 0.979. The number of hydrogen-bond acceptors (Lipinski definition) is 1. The Morgan fingerprint density at radius 2 is 1.50 bits per heavy atom. The van der Waals surface area contributed by atoms with Crippen LogP contribution < -0.4 is 10.1 Å². The molecule has 20 heavy (non-hydrogen) atoms. The Morgan fingerprint density at radius 1 is 0.900 bits per heavy atom. The van der Waals surface area contributed by atoms with Crippen LogP contribution in [0.4, 0.5) is 5.69 Å². The topological polar surface area (TPSA) is 3.24 Å². The van der Waals surface area contributed by atoms with Gasteiger partial charge in [-0.2, -0.15) is 0 Å². The van der Waals surface area contributed by atoms with Gasteiger partial charge in [-0.05, 0) is 24.1 Å². The molecule has 1 nitrogen and oxygen atoms in total. The minimum Gasteiger partial charge on any atom is -0.370 e. The molecule has 106 valence electrons. The van der Waals surface area contributed by atoms with Crippen molar-refractivity contribution in [3.8, 4) is 0 Å². The first-order valence-corrected chi connectivity index (χ1v) is 10.7. The first-order valence-electron chi connectivity index (χ1n) is 7.24. The number of nitrogens with zero attached hydrogens (tertiary/aromatic N) is 1. The molecule has 0 saturated carbocycles. The minimum atomic E-state index is -1.18. The standard InChI is InChI=1S/C18H25NSi/c1-15-8-6-7-9-18(15)19(2)14-16-10-12-17(13-11-16)20(3,4)5/h6-13H,14H2,1-5H3. The van der Waals surface area contributed by atoms with Crippen molar-refractivity contribution < 1.29 is 0 Å².